The number of benzene rings is 1. The molecule has 0 radical (unpaired) electrons. The molecule has 1 aliphatic rings. The minimum atomic E-state index is -0.0113. The summed E-state index contributed by atoms with van der Waals surface area (Å²) in [6, 6.07) is 8.31. The molecule has 0 fully saturated rings. The van der Waals surface area contributed by atoms with Gasteiger partial charge < -0.3 is 9.88 Å². The van der Waals surface area contributed by atoms with Crippen molar-refractivity contribution in [2.75, 3.05) is 0 Å². The number of nitrogens with zero attached hydrogens (tertiary/aromatic N) is 3. The highest BCUT2D eigenvalue weighted by Gasteiger charge is 2.27. The predicted molar refractivity (Wildman–Crippen MR) is 107 cm³/mol. The van der Waals surface area contributed by atoms with E-state index in [0.29, 0.717) is 5.56 Å². The number of fused-ring (bicyclic) bond motifs is 3. The van der Waals surface area contributed by atoms with E-state index in [1.165, 1.54) is 11.3 Å². The molecule has 0 saturated heterocycles. The maximum absolute atomic E-state index is 12.1. The molecule has 0 spiro atoms. The predicted octanol–water partition coefficient (Wildman–Crippen LogP) is 3.65. The summed E-state index contributed by atoms with van der Waals surface area (Å²) < 4.78 is 2.34. The van der Waals surface area contributed by atoms with Crippen LogP contribution < -0.4 is 5.32 Å². The van der Waals surface area contributed by atoms with Gasteiger partial charge in [-0.2, -0.15) is 5.26 Å². The number of carbonyl (C=O) groups is 1. The lowest BCUT2D eigenvalue weighted by molar-refractivity contribution is -0.124. The van der Waals surface area contributed by atoms with Gasteiger partial charge >= 0.3 is 0 Å². The molecular weight excluding hydrogens is 356 g/mol. The number of nitrogens with one attached hydrogen (secondary N) is 1. The summed E-state index contributed by atoms with van der Waals surface area (Å²) in [7, 11) is 0. The Morgan fingerprint density at radius 3 is 3.04 bits per heavy atom. The first-order chi connectivity index (χ1) is 13.1. The van der Waals surface area contributed by atoms with Crippen molar-refractivity contribution >= 4 is 28.1 Å². The van der Waals surface area contributed by atoms with Gasteiger partial charge in [0.25, 0.3) is 0 Å². The van der Waals surface area contributed by atoms with Crippen LogP contribution in [0.4, 0.5) is 0 Å². The second kappa shape index (κ2) is 7.16. The maximum Gasteiger partial charge on any atom is 0.222 e. The minimum Gasteiger partial charge on any atom is -0.353 e. The van der Waals surface area contributed by atoms with Crippen molar-refractivity contribution in [1.82, 2.24) is 14.9 Å². The van der Waals surface area contributed by atoms with Crippen molar-refractivity contribution in [3.05, 3.63) is 51.6 Å². The molecule has 3 aromatic rings. The fourth-order valence-corrected chi connectivity index (χ4v) is 4.46. The molecule has 2 heterocycles. The molecule has 5 nitrogen and oxygen atoms in total. The van der Waals surface area contributed by atoms with Crippen molar-refractivity contribution in [1.29, 1.82) is 5.26 Å². The first kappa shape index (κ1) is 17.7. The van der Waals surface area contributed by atoms with Crippen LogP contribution in [0.3, 0.4) is 0 Å². The molecule has 0 bridgehead atoms. The highest BCUT2D eigenvalue weighted by molar-refractivity contribution is 7.09. The monoisotopic (exact) mass is 378 g/mol. The molecule has 138 valence electrons. The van der Waals surface area contributed by atoms with Crippen LogP contribution in [0, 0.1) is 17.2 Å². The molecule has 1 aliphatic carbocycles. The van der Waals surface area contributed by atoms with Crippen molar-refractivity contribution in [3.63, 3.8) is 0 Å². The molecule has 1 N–H and O–H groups in total. The lowest BCUT2D eigenvalue weighted by Crippen LogP contribution is -2.41. The molecule has 1 amide bonds. The van der Waals surface area contributed by atoms with Crippen LogP contribution in [0.5, 0.6) is 0 Å². The third-order valence-corrected chi connectivity index (χ3v) is 6.01. The summed E-state index contributed by atoms with van der Waals surface area (Å²) in [6.45, 7) is 4.59. The van der Waals surface area contributed by atoms with Crippen molar-refractivity contribution in [3.8, 4) is 6.07 Å². The molecule has 0 saturated carbocycles. The van der Waals surface area contributed by atoms with Gasteiger partial charge in [0.1, 0.15) is 5.01 Å². The summed E-state index contributed by atoms with van der Waals surface area (Å²) in [5, 5.41) is 16.7. The zero-order valence-electron chi connectivity index (χ0n) is 15.5. The van der Waals surface area contributed by atoms with E-state index in [4.69, 9.17) is 0 Å². The maximum atomic E-state index is 12.1. The highest BCUT2D eigenvalue weighted by Crippen LogP contribution is 2.34. The fourth-order valence-electron chi connectivity index (χ4n) is 3.86. The normalized spacial score (nSPS) is 16.3. The summed E-state index contributed by atoms with van der Waals surface area (Å²) in [5.41, 5.74) is 4.39. The molecule has 2 aromatic heterocycles. The first-order valence-corrected chi connectivity index (χ1v) is 10.2. The Hall–Kier alpha value is -2.65. The number of rotatable bonds is 4. The SMILES string of the molecule is CC(C)C(=O)NC1CCc2c(c3cc(C#N)ccc3n2Cc2nccs2)C1. The summed E-state index contributed by atoms with van der Waals surface area (Å²) in [5.74, 6) is 0.0931. The van der Waals surface area contributed by atoms with E-state index in [-0.39, 0.29) is 17.9 Å². The summed E-state index contributed by atoms with van der Waals surface area (Å²) in [4.78, 5) is 16.6. The molecule has 4 rings (SSSR count). The van der Waals surface area contributed by atoms with Gasteiger partial charge in [0.15, 0.2) is 0 Å². The average molecular weight is 379 g/mol. The molecule has 27 heavy (non-hydrogen) atoms. The number of hydrogen-bond acceptors (Lipinski definition) is 4. The van der Waals surface area contributed by atoms with Crippen LogP contribution in [0.25, 0.3) is 10.9 Å². The second-order valence-electron chi connectivity index (χ2n) is 7.38. The molecule has 1 atom stereocenters. The number of aromatic nitrogens is 2. The summed E-state index contributed by atoms with van der Waals surface area (Å²) >= 11 is 1.66. The van der Waals surface area contributed by atoms with Gasteiger partial charge in [0.2, 0.25) is 5.91 Å². The van der Waals surface area contributed by atoms with Crippen molar-refractivity contribution in [2.45, 2.75) is 45.7 Å². The minimum absolute atomic E-state index is 0.0113. The van der Waals surface area contributed by atoms with Gasteiger partial charge in [-0.3, -0.25) is 4.79 Å². The van der Waals surface area contributed by atoms with E-state index in [1.807, 2.05) is 43.6 Å². The van der Waals surface area contributed by atoms with E-state index >= 15 is 0 Å². The topological polar surface area (TPSA) is 70.7 Å². The van der Waals surface area contributed by atoms with Crippen LogP contribution >= 0.6 is 11.3 Å². The Labute approximate surface area is 162 Å². The molecule has 1 unspecified atom stereocenters. The van der Waals surface area contributed by atoms with Gasteiger partial charge in [0.05, 0.1) is 18.2 Å². The van der Waals surface area contributed by atoms with Crippen LogP contribution in [0.2, 0.25) is 0 Å². The third kappa shape index (κ3) is 3.35. The fraction of sp³-hybridized carbons (Fsp3) is 0.381. The van der Waals surface area contributed by atoms with Gasteiger partial charge in [-0.05, 0) is 43.0 Å². The van der Waals surface area contributed by atoms with E-state index in [9.17, 15) is 10.1 Å². The largest absolute Gasteiger partial charge is 0.353 e. The Bertz CT molecular complexity index is 1030. The van der Waals surface area contributed by atoms with Gasteiger partial charge in [-0.25, -0.2) is 4.98 Å². The van der Waals surface area contributed by atoms with E-state index < -0.39 is 0 Å². The van der Waals surface area contributed by atoms with Crippen molar-refractivity contribution in [2.24, 2.45) is 5.92 Å². The van der Waals surface area contributed by atoms with Crippen LogP contribution in [0.15, 0.2) is 29.8 Å². The zero-order valence-corrected chi connectivity index (χ0v) is 16.3. The lowest BCUT2D eigenvalue weighted by Gasteiger charge is -2.25. The van der Waals surface area contributed by atoms with E-state index in [0.717, 1.165) is 41.7 Å². The van der Waals surface area contributed by atoms with Crippen LogP contribution in [-0.2, 0) is 24.2 Å². The number of carbonyl (C=O) groups excluding carboxylic acids is 1. The Morgan fingerprint density at radius 2 is 2.33 bits per heavy atom. The lowest BCUT2D eigenvalue weighted by atomic mass is 9.90. The molecule has 6 heteroatoms. The quantitative estimate of drug-likeness (QED) is 0.753. The standard InChI is InChI=1S/C21H22N4OS/c1-13(2)21(26)24-15-4-6-19-17(10-15)16-9-14(11-22)3-5-18(16)25(19)12-20-23-7-8-27-20/h3,5,7-9,13,15H,4,6,10,12H2,1-2H3,(H,24,26). The van der Waals surface area contributed by atoms with Crippen LogP contribution in [-0.4, -0.2) is 21.5 Å². The van der Waals surface area contributed by atoms with E-state index in [1.54, 1.807) is 11.3 Å². The molecular formula is C21H22N4OS. The van der Waals surface area contributed by atoms with Gasteiger partial charge in [-0.15, -0.1) is 11.3 Å². The average Bonchev–Trinajstić information content (AvgIpc) is 3.28. The second-order valence-corrected chi connectivity index (χ2v) is 8.36. The Kier molecular flexibility index (Phi) is 4.71. The first-order valence-electron chi connectivity index (χ1n) is 9.29. The van der Waals surface area contributed by atoms with E-state index in [2.05, 4.69) is 20.9 Å². The van der Waals surface area contributed by atoms with Gasteiger partial charge in [0, 0.05) is 40.1 Å². The van der Waals surface area contributed by atoms with Gasteiger partial charge in [-0.1, -0.05) is 13.8 Å². The number of hydrogen-bond donors (Lipinski definition) is 1. The molecule has 1 aromatic carbocycles. The number of thiazole rings is 1. The zero-order chi connectivity index (χ0) is 19.0. The smallest absolute Gasteiger partial charge is 0.222 e. The van der Waals surface area contributed by atoms with Crippen LogP contribution in [0.1, 0.15) is 42.1 Å². The third-order valence-electron chi connectivity index (χ3n) is 5.24. The highest BCUT2D eigenvalue weighted by atomic mass is 32.1. The Balaban J connectivity index is 1.75. The summed E-state index contributed by atoms with van der Waals surface area (Å²) in [6.07, 6.45) is 4.50. The Morgan fingerprint density at radius 1 is 1.48 bits per heavy atom. The number of nitriles is 1. The number of amides is 1. The molecule has 0 aliphatic heterocycles. The van der Waals surface area contributed by atoms with Crippen molar-refractivity contribution < 1.29 is 4.79 Å².